The number of hydrogen-bond donors (Lipinski definition) is 1. The van der Waals surface area contributed by atoms with E-state index in [1.807, 2.05) is 61.5 Å². The number of amides is 1. The number of carbonyl (C=O) groups is 1. The fourth-order valence-corrected chi connectivity index (χ4v) is 3.63. The Labute approximate surface area is 168 Å². The molecule has 2 aromatic carbocycles. The van der Waals surface area contributed by atoms with Gasteiger partial charge in [-0.2, -0.15) is 5.26 Å². The Morgan fingerprint density at radius 2 is 1.93 bits per heavy atom. The average molecular weight is 389 g/mol. The van der Waals surface area contributed by atoms with Gasteiger partial charge in [-0.05, 0) is 36.8 Å². The molecule has 140 valence electrons. The minimum absolute atomic E-state index is 0.187. The van der Waals surface area contributed by atoms with Gasteiger partial charge < -0.3 is 10.1 Å². The lowest BCUT2D eigenvalue weighted by Gasteiger charge is -2.18. The van der Waals surface area contributed by atoms with E-state index in [1.54, 1.807) is 18.3 Å². The van der Waals surface area contributed by atoms with E-state index in [4.69, 9.17) is 10.00 Å². The first-order valence-corrected chi connectivity index (χ1v) is 9.69. The van der Waals surface area contributed by atoms with Crippen molar-refractivity contribution in [2.75, 3.05) is 11.9 Å². The third-order valence-corrected chi connectivity index (χ3v) is 5.07. The SMILES string of the molecule is CCOc1ccccc1NC(=O)C(Sc1cc(C#N)ccn1)c1ccccc1. The third kappa shape index (κ3) is 4.90. The van der Waals surface area contributed by atoms with Gasteiger partial charge in [0.15, 0.2) is 0 Å². The van der Waals surface area contributed by atoms with Gasteiger partial charge in [0.2, 0.25) is 5.91 Å². The maximum atomic E-state index is 13.1. The van der Waals surface area contributed by atoms with Crippen LogP contribution < -0.4 is 10.1 Å². The van der Waals surface area contributed by atoms with Crippen LogP contribution in [0.2, 0.25) is 0 Å². The quantitative estimate of drug-likeness (QED) is 0.586. The van der Waals surface area contributed by atoms with Crippen LogP contribution in [0.3, 0.4) is 0 Å². The maximum Gasteiger partial charge on any atom is 0.242 e. The van der Waals surface area contributed by atoms with Crippen molar-refractivity contribution in [3.8, 4) is 11.8 Å². The van der Waals surface area contributed by atoms with E-state index in [0.717, 1.165) is 5.56 Å². The molecular formula is C22H19N3O2S. The molecule has 0 saturated carbocycles. The molecule has 0 spiro atoms. The highest BCUT2D eigenvalue weighted by molar-refractivity contribution is 8.00. The molecule has 0 radical (unpaired) electrons. The number of nitrogens with one attached hydrogen (secondary N) is 1. The molecule has 28 heavy (non-hydrogen) atoms. The summed E-state index contributed by atoms with van der Waals surface area (Å²) in [4.78, 5) is 17.4. The lowest BCUT2D eigenvalue weighted by molar-refractivity contribution is -0.115. The topological polar surface area (TPSA) is 75.0 Å². The van der Waals surface area contributed by atoms with Gasteiger partial charge in [0.1, 0.15) is 11.0 Å². The summed E-state index contributed by atoms with van der Waals surface area (Å²) in [7, 11) is 0. The van der Waals surface area contributed by atoms with Crippen LogP contribution in [-0.2, 0) is 4.79 Å². The summed E-state index contributed by atoms with van der Waals surface area (Å²) in [5.41, 5.74) is 1.98. The fourth-order valence-electron chi connectivity index (χ4n) is 2.61. The number of anilines is 1. The van der Waals surface area contributed by atoms with Crippen LogP contribution in [0, 0.1) is 11.3 Å². The van der Waals surface area contributed by atoms with E-state index in [9.17, 15) is 4.79 Å². The van der Waals surface area contributed by atoms with Crippen molar-refractivity contribution < 1.29 is 9.53 Å². The third-order valence-electron chi connectivity index (χ3n) is 3.89. The molecule has 1 N–H and O–H groups in total. The number of ether oxygens (including phenoxy) is 1. The van der Waals surface area contributed by atoms with Crippen molar-refractivity contribution in [1.82, 2.24) is 4.98 Å². The van der Waals surface area contributed by atoms with Crippen molar-refractivity contribution in [2.24, 2.45) is 0 Å². The highest BCUT2D eigenvalue weighted by Gasteiger charge is 2.23. The Morgan fingerprint density at radius 3 is 2.68 bits per heavy atom. The smallest absolute Gasteiger partial charge is 0.242 e. The summed E-state index contributed by atoms with van der Waals surface area (Å²) >= 11 is 1.30. The second-order valence-electron chi connectivity index (χ2n) is 5.82. The number of nitrogens with zero attached hydrogens (tertiary/aromatic N) is 2. The Bertz CT molecular complexity index is 986. The van der Waals surface area contributed by atoms with Crippen LogP contribution in [0.4, 0.5) is 5.69 Å². The molecule has 1 amide bonds. The van der Waals surface area contributed by atoms with Gasteiger partial charge in [-0.1, -0.05) is 54.2 Å². The molecule has 0 bridgehead atoms. The van der Waals surface area contributed by atoms with Crippen LogP contribution >= 0.6 is 11.8 Å². The molecular weight excluding hydrogens is 370 g/mol. The predicted octanol–water partition coefficient (Wildman–Crippen LogP) is 4.82. The lowest BCUT2D eigenvalue weighted by Crippen LogP contribution is -2.19. The Kier molecular flexibility index (Phi) is 6.66. The second kappa shape index (κ2) is 9.58. The monoisotopic (exact) mass is 389 g/mol. The van der Waals surface area contributed by atoms with Crippen LogP contribution in [0.15, 0.2) is 78.0 Å². The Balaban J connectivity index is 1.89. The molecule has 0 aliphatic rings. The van der Waals surface area contributed by atoms with Crippen molar-refractivity contribution >= 4 is 23.4 Å². The molecule has 3 rings (SSSR count). The number of pyridine rings is 1. The highest BCUT2D eigenvalue weighted by atomic mass is 32.2. The molecule has 1 atom stereocenters. The highest BCUT2D eigenvalue weighted by Crippen LogP contribution is 2.36. The molecule has 0 saturated heterocycles. The number of para-hydroxylation sites is 2. The average Bonchev–Trinajstić information content (AvgIpc) is 2.74. The number of benzene rings is 2. The molecule has 6 heteroatoms. The van der Waals surface area contributed by atoms with Gasteiger partial charge in [0.05, 0.1) is 29.0 Å². The standard InChI is InChI=1S/C22H19N3O2S/c1-2-27-19-11-7-6-10-18(19)25-22(26)21(17-8-4-3-5-9-17)28-20-14-16(15-23)12-13-24-20/h3-14,21H,2H2,1H3,(H,25,26). The van der Waals surface area contributed by atoms with Gasteiger partial charge in [0.25, 0.3) is 0 Å². The first kappa shape index (κ1) is 19.5. The summed E-state index contributed by atoms with van der Waals surface area (Å²) < 4.78 is 5.60. The molecule has 5 nitrogen and oxygen atoms in total. The zero-order valence-electron chi connectivity index (χ0n) is 15.3. The van der Waals surface area contributed by atoms with Crippen molar-refractivity contribution in [1.29, 1.82) is 5.26 Å². The number of nitriles is 1. The van der Waals surface area contributed by atoms with Gasteiger partial charge >= 0.3 is 0 Å². The minimum Gasteiger partial charge on any atom is -0.492 e. The predicted molar refractivity (Wildman–Crippen MR) is 110 cm³/mol. The zero-order valence-corrected chi connectivity index (χ0v) is 16.1. The number of aromatic nitrogens is 1. The van der Waals surface area contributed by atoms with Gasteiger partial charge in [-0.15, -0.1) is 0 Å². The summed E-state index contributed by atoms with van der Waals surface area (Å²) in [6.45, 7) is 2.41. The Morgan fingerprint density at radius 1 is 1.18 bits per heavy atom. The first-order valence-electron chi connectivity index (χ1n) is 8.81. The van der Waals surface area contributed by atoms with E-state index in [1.165, 1.54) is 11.8 Å². The van der Waals surface area contributed by atoms with Crippen LogP contribution in [0.1, 0.15) is 23.3 Å². The molecule has 0 fully saturated rings. The fraction of sp³-hybridized carbons (Fsp3) is 0.136. The summed E-state index contributed by atoms with van der Waals surface area (Å²) in [5.74, 6) is 0.437. The minimum atomic E-state index is -0.530. The van der Waals surface area contributed by atoms with Gasteiger partial charge in [0, 0.05) is 6.20 Å². The van der Waals surface area contributed by atoms with Crippen LogP contribution in [0.25, 0.3) is 0 Å². The number of carbonyl (C=O) groups excluding carboxylic acids is 1. The van der Waals surface area contributed by atoms with E-state index in [0.29, 0.717) is 28.6 Å². The first-order chi connectivity index (χ1) is 13.7. The van der Waals surface area contributed by atoms with Crippen molar-refractivity contribution in [3.63, 3.8) is 0 Å². The normalized spacial score (nSPS) is 11.3. The molecule has 1 unspecified atom stereocenters. The summed E-state index contributed by atoms with van der Waals surface area (Å²) in [6.07, 6.45) is 1.57. The van der Waals surface area contributed by atoms with Crippen molar-refractivity contribution in [3.05, 3.63) is 84.1 Å². The van der Waals surface area contributed by atoms with E-state index < -0.39 is 5.25 Å². The second-order valence-corrected chi connectivity index (χ2v) is 6.95. The Hall–Kier alpha value is -3.30. The molecule has 0 aliphatic heterocycles. The van der Waals surface area contributed by atoms with Gasteiger partial charge in [-0.25, -0.2) is 4.98 Å². The van der Waals surface area contributed by atoms with Crippen LogP contribution in [-0.4, -0.2) is 17.5 Å². The largest absolute Gasteiger partial charge is 0.492 e. The van der Waals surface area contributed by atoms with Gasteiger partial charge in [-0.3, -0.25) is 4.79 Å². The molecule has 0 aliphatic carbocycles. The van der Waals surface area contributed by atoms with E-state index in [-0.39, 0.29) is 5.91 Å². The summed E-state index contributed by atoms with van der Waals surface area (Å²) in [5, 5.41) is 12.2. The lowest BCUT2D eigenvalue weighted by atomic mass is 10.1. The van der Waals surface area contributed by atoms with Crippen LogP contribution in [0.5, 0.6) is 5.75 Å². The van der Waals surface area contributed by atoms with Crippen molar-refractivity contribution in [2.45, 2.75) is 17.2 Å². The summed E-state index contributed by atoms with van der Waals surface area (Å²) in [6, 6.07) is 22.3. The molecule has 1 heterocycles. The zero-order chi connectivity index (χ0) is 19.8. The number of hydrogen-bond acceptors (Lipinski definition) is 5. The maximum absolute atomic E-state index is 13.1. The molecule has 3 aromatic rings. The number of rotatable bonds is 7. The molecule has 1 aromatic heterocycles. The van der Waals surface area contributed by atoms with E-state index in [2.05, 4.69) is 16.4 Å². The number of thioether (sulfide) groups is 1. The van der Waals surface area contributed by atoms with E-state index >= 15 is 0 Å².